The van der Waals surface area contributed by atoms with E-state index in [2.05, 4.69) is 15.6 Å². The highest BCUT2D eigenvalue weighted by Crippen LogP contribution is 2.24. The molecule has 1 unspecified atom stereocenters. The summed E-state index contributed by atoms with van der Waals surface area (Å²) in [6, 6.07) is 7.68. The van der Waals surface area contributed by atoms with Gasteiger partial charge in [-0.25, -0.2) is 13.8 Å². The molecule has 1 atom stereocenters. The Bertz CT molecular complexity index is 890. The number of ether oxygens (including phenoxy) is 1. The summed E-state index contributed by atoms with van der Waals surface area (Å²) < 4.78 is 29.8. The molecule has 0 saturated heterocycles. The molecule has 0 radical (unpaired) electrons. The molecule has 0 aliphatic carbocycles. The number of anilines is 1. The molecule has 0 spiro atoms. The van der Waals surface area contributed by atoms with Crippen LogP contribution in [0.2, 0.25) is 0 Å². The highest BCUT2D eigenvalue weighted by atomic mass is 19.3. The Morgan fingerprint density at radius 3 is 2.59 bits per heavy atom. The molecule has 0 saturated carbocycles. The summed E-state index contributed by atoms with van der Waals surface area (Å²) >= 11 is 0. The van der Waals surface area contributed by atoms with Crippen LogP contribution in [0.5, 0.6) is 5.75 Å². The molecule has 1 heterocycles. The van der Waals surface area contributed by atoms with E-state index in [4.69, 9.17) is 10.5 Å². The first kappa shape index (κ1) is 22.2. The Balaban J connectivity index is 2.15. The van der Waals surface area contributed by atoms with Crippen LogP contribution < -0.4 is 21.1 Å². The molecule has 4 N–H and O–H groups in total. The molecule has 29 heavy (non-hydrogen) atoms. The van der Waals surface area contributed by atoms with Crippen LogP contribution in [0.15, 0.2) is 30.3 Å². The minimum atomic E-state index is -2.58. The average Bonchev–Trinajstić information content (AvgIpc) is 2.64. The molecule has 2 aromatic rings. The summed E-state index contributed by atoms with van der Waals surface area (Å²) in [5.74, 6) is -0.0470. The van der Waals surface area contributed by atoms with Gasteiger partial charge in [-0.3, -0.25) is 9.59 Å². The standard InChI is InChI=1S/C20H24F2N4O3/c1-11-6-15(8-19(24-11)26-13(3)27)20(28)25-12(2)14-4-5-17(16(7-14)9-23)29-10-18(21)22/h4-8,12,18H,9-10,23H2,1-3H3,(H,25,28)(H,24,26,27). The highest BCUT2D eigenvalue weighted by molar-refractivity contribution is 5.96. The summed E-state index contributed by atoms with van der Waals surface area (Å²) in [4.78, 5) is 28.0. The fraction of sp³-hybridized carbons (Fsp3) is 0.350. The van der Waals surface area contributed by atoms with E-state index in [-0.39, 0.29) is 24.4 Å². The molecule has 7 nitrogen and oxygen atoms in total. The number of aryl methyl sites for hydroxylation is 1. The predicted molar refractivity (Wildman–Crippen MR) is 105 cm³/mol. The summed E-state index contributed by atoms with van der Waals surface area (Å²) in [6.45, 7) is 4.26. The van der Waals surface area contributed by atoms with Crippen molar-refractivity contribution in [1.29, 1.82) is 0 Å². The van der Waals surface area contributed by atoms with Gasteiger partial charge in [-0.1, -0.05) is 6.07 Å². The van der Waals surface area contributed by atoms with Crippen molar-refractivity contribution >= 4 is 17.6 Å². The van der Waals surface area contributed by atoms with Crippen LogP contribution in [-0.4, -0.2) is 29.8 Å². The second-order valence-electron chi connectivity index (χ2n) is 6.53. The molecule has 2 amide bonds. The zero-order valence-corrected chi connectivity index (χ0v) is 16.5. The van der Waals surface area contributed by atoms with E-state index in [1.165, 1.54) is 13.0 Å². The quantitative estimate of drug-likeness (QED) is 0.625. The monoisotopic (exact) mass is 406 g/mol. The van der Waals surface area contributed by atoms with Gasteiger partial charge in [0.1, 0.15) is 18.2 Å². The number of hydrogen-bond acceptors (Lipinski definition) is 5. The minimum Gasteiger partial charge on any atom is -0.487 e. The summed E-state index contributed by atoms with van der Waals surface area (Å²) in [5.41, 5.74) is 7.94. The van der Waals surface area contributed by atoms with Crippen LogP contribution in [0.1, 0.15) is 47.1 Å². The van der Waals surface area contributed by atoms with Gasteiger partial charge in [0.25, 0.3) is 12.3 Å². The number of nitrogens with two attached hydrogens (primary N) is 1. The van der Waals surface area contributed by atoms with E-state index in [0.717, 1.165) is 5.56 Å². The Hall–Kier alpha value is -3.07. The third-order valence-corrected chi connectivity index (χ3v) is 4.04. The van der Waals surface area contributed by atoms with Gasteiger partial charge in [0.2, 0.25) is 5.91 Å². The van der Waals surface area contributed by atoms with Crippen LogP contribution in [0.25, 0.3) is 0 Å². The van der Waals surface area contributed by atoms with E-state index in [0.29, 0.717) is 28.4 Å². The molecule has 2 rings (SSSR count). The zero-order valence-electron chi connectivity index (χ0n) is 16.5. The van der Waals surface area contributed by atoms with E-state index < -0.39 is 13.0 Å². The van der Waals surface area contributed by atoms with Crippen molar-refractivity contribution in [3.8, 4) is 5.75 Å². The van der Waals surface area contributed by atoms with Crippen molar-refractivity contribution in [2.75, 3.05) is 11.9 Å². The smallest absolute Gasteiger partial charge is 0.272 e. The molecule has 1 aromatic heterocycles. The first-order valence-electron chi connectivity index (χ1n) is 9.00. The largest absolute Gasteiger partial charge is 0.487 e. The second kappa shape index (κ2) is 9.92. The summed E-state index contributed by atoms with van der Waals surface area (Å²) in [5, 5.41) is 5.42. The summed E-state index contributed by atoms with van der Waals surface area (Å²) in [7, 11) is 0. The zero-order chi connectivity index (χ0) is 21.6. The Kier molecular flexibility index (Phi) is 7.60. The molecule has 0 aliphatic rings. The Morgan fingerprint density at radius 2 is 1.97 bits per heavy atom. The fourth-order valence-corrected chi connectivity index (χ4v) is 2.73. The van der Waals surface area contributed by atoms with E-state index in [1.807, 2.05) is 0 Å². The number of rotatable bonds is 8. The van der Waals surface area contributed by atoms with Gasteiger partial charge in [-0.2, -0.15) is 0 Å². The van der Waals surface area contributed by atoms with Gasteiger partial charge >= 0.3 is 0 Å². The number of benzene rings is 1. The average molecular weight is 406 g/mol. The maximum Gasteiger partial charge on any atom is 0.272 e. The molecule has 0 aliphatic heterocycles. The molecule has 156 valence electrons. The predicted octanol–water partition coefficient (Wildman–Crippen LogP) is 2.94. The van der Waals surface area contributed by atoms with Gasteiger partial charge in [0.05, 0.1) is 6.04 Å². The van der Waals surface area contributed by atoms with Crippen molar-refractivity contribution in [2.24, 2.45) is 5.73 Å². The second-order valence-corrected chi connectivity index (χ2v) is 6.53. The number of amides is 2. The first-order valence-corrected chi connectivity index (χ1v) is 9.00. The van der Waals surface area contributed by atoms with E-state index >= 15 is 0 Å². The van der Waals surface area contributed by atoms with Crippen LogP contribution in [-0.2, 0) is 11.3 Å². The molecular weight excluding hydrogens is 382 g/mol. The van der Waals surface area contributed by atoms with Gasteiger partial charge in [0, 0.05) is 30.3 Å². The van der Waals surface area contributed by atoms with Crippen LogP contribution in [0.4, 0.5) is 14.6 Å². The van der Waals surface area contributed by atoms with Crippen LogP contribution >= 0.6 is 0 Å². The third kappa shape index (κ3) is 6.49. The lowest BCUT2D eigenvalue weighted by Gasteiger charge is -2.18. The number of nitrogens with one attached hydrogen (secondary N) is 2. The molecule has 0 fully saturated rings. The Labute approximate surface area is 167 Å². The Morgan fingerprint density at radius 1 is 1.24 bits per heavy atom. The maximum atomic E-state index is 12.6. The lowest BCUT2D eigenvalue weighted by Crippen LogP contribution is -2.27. The number of pyridine rings is 1. The SMILES string of the molecule is CC(=O)Nc1cc(C(=O)NC(C)c2ccc(OCC(F)F)c(CN)c2)cc(C)n1. The highest BCUT2D eigenvalue weighted by Gasteiger charge is 2.15. The number of aromatic nitrogens is 1. The molecule has 1 aromatic carbocycles. The molecule has 9 heteroatoms. The van der Waals surface area contributed by atoms with Crippen molar-refractivity contribution in [2.45, 2.75) is 39.8 Å². The van der Waals surface area contributed by atoms with Crippen LogP contribution in [0.3, 0.4) is 0 Å². The first-order chi connectivity index (χ1) is 13.7. The number of nitrogens with zero attached hydrogens (tertiary/aromatic N) is 1. The molecular formula is C20H24F2N4O3. The fourth-order valence-electron chi connectivity index (χ4n) is 2.73. The van der Waals surface area contributed by atoms with Gasteiger partial charge in [0.15, 0.2) is 0 Å². The third-order valence-electron chi connectivity index (χ3n) is 4.04. The number of carbonyl (C=O) groups excluding carboxylic acids is 2. The van der Waals surface area contributed by atoms with Crippen molar-refractivity contribution in [3.63, 3.8) is 0 Å². The van der Waals surface area contributed by atoms with Gasteiger partial charge in [-0.15, -0.1) is 0 Å². The van der Waals surface area contributed by atoms with Gasteiger partial charge in [-0.05, 0) is 43.7 Å². The van der Waals surface area contributed by atoms with Crippen LogP contribution in [0, 0.1) is 6.92 Å². The lowest BCUT2D eigenvalue weighted by molar-refractivity contribution is -0.114. The number of alkyl halides is 2. The lowest BCUT2D eigenvalue weighted by atomic mass is 10.0. The topological polar surface area (TPSA) is 106 Å². The summed E-state index contributed by atoms with van der Waals surface area (Å²) in [6.07, 6.45) is -2.58. The van der Waals surface area contributed by atoms with E-state index in [9.17, 15) is 18.4 Å². The van der Waals surface area contributed by atoms with Crippen molar-refractivity contribution in [3.05, 3.63) is 52.7 Å². The van der Waals surface area contributed by atoms with Gasteiger partial charge < -0.3 is 21.1 Å². The van der Waals surface area contributed by atoms with Crippen molar-refractivity contribution in [1.82, 2.24) is 10.3 Å². The molecule has 0 bridgehead atoms. The minimum absolute atomic E-state index is 0.108. The number of halogens is 2. The number of carbonyl (C=O) groups is 2. The normalized spacial score (nSPS) is 11.8. The van der Waals surface area contributed by atoms with Crippen molar-refractivity contribution < 1.29 is 23.1 Å². The maximum absolute atomic E-state index is 12.6. The number of hydrogen-bond donors (Lipinski definition) is 3. The van der Waals surface area contributed by atoms with E-state index in [1.54, 1.807) is 38.1 Å².